The maximum Gasteiger partial charge on any atom is 0.315 e. The summed E-state index contributed by atoms with van der Waals surface area (Å²) in [7, 11) is 0. The van der Waals surface area contributed by atoms with Gasteiger partial charge >= 0.3 is 5.97 Å². The molecule has 2 aromatic rings. The van der Waals surface area contributed by atoms with Crippen molar-refractivity contribution in [2.24, 2.45) is 0 Å². The van der Waals surface area contributed by atoms with E-state index < -0.39 is 0 Å². The van der Waals surface area contributed by atoms with Gasteiger partial charge in [0, 0.05) is 15.8 Å². The van der Waals surface area contributed by atoms with Crippen LogP contribution >= 0.6 is 22.7 Å². The molecule has 1 aliphatic rings. The Hall–Kier alpha value is -1.20. The van der Waals surface area contributed by atoms with Gasteiger partial charge in [-0.2, -0.15) is 11.3 Å². The molecule has 0 amide bonds. The maximum absolute atomic E-state index is 12.1. The van der Waals surface area contributed by atoms with Crippen LogP contribution in [0.5, 0.6) is 0 Å². The molecule has 0 aromatic carbocycles. The Kier molecular flexibility index (Phi) is 3.89. The Labute approximate surface area is 126 Å². The zero-order valence-electron chi connectivity index (χ0n) is 11.6. The summed E-state index contributed by atoms with van der Waals surface area (Å²) in [4.78, 5) is 18.1. The van der Waals surface area contributed by atoms with Gasteiger partial charge in [0.25, 0.3) is 0 Å². The van der Waals surface area contributed by atoms with Gasteiger partial charge in [0.2, 0.25) is 0 Å². The molecular weight excluding hydrogens is 290 g/mol. The summed E-state index contributed by atoms with van der Waals surface area (Å²) in [5.74, 6) is -0.282. The number of fused-ring (bicyclic) bond motifs is 1. The van der Waals surface area contributed by atoms with Crippen LogP contribution in [0.3, 0.4) is 0 Å². The summed E-state index contributed by atoms with van der Waals surface area (Å²) in [5, 5.41) is 5.32. The van der Waals surface area contributed by atoms with Crippen molar-refractivity contribution >= 4 is 28.6 Å². The lowest BCUT2D eigenvalue weighted by atomic mass is 9.91. The Morgan fingerprint density at radius 3 is 3.05 bits per heavy atom. The molecule has 106 valence electrons. The van der Waals surface area contributed by atoms with Crippen LogP contribution in [-0.2, 0) is 16.0 Å². The van der Waals surface area contributed by atoms with Crippen LogP contribution in [0.1, 0.15) is 41.8 Å². The van der Waals surface area contributed by atoms with E-state index in [0.29, 0.717) is 6.61 Å². The first kappa shape index (κ1) is 13.8. The molecule has 3 nitrogen and oxygen atoms in total. The zero-order chi connectivity index (χ0) is 14.1. The molecule has 2 heterocycles. The van der Waals surface area contributed by atoms with Crippen LogP contribution in [0.15, 0.2) is 10.8 Å². The van der Waals surface area contributed by atoms with E-state index in [0.717, 1.165) is 30.0 Å². The van der Waals surface area contributed by atoms with Crippen molar-refractivity contribution in [3.05, 3.63) is 26.9 Å². The molecular formula is C15H17NO2S2. The number of nitrogens with zero attached hydrogens (tertiary/aromatic N) is 1. The minimum atomic E-state index is -0.164. The fraction of sp³-hybridized carbons (Fsp3) is 0.467. The normalized spacial score (nSPS) is 17.8. The highest BCUT2D eigenvalue weighted by molar-refractivity contribution is 7.15. The molecule has 0 spiro atoms. The van der Waals surface area contributed by atoms with Gasteiger partial charge in [-0.3, -0.25) is 4.79 Å². The third-order valence-corrected chi connectivity index (χ3v) is 5.64. The van der Waals surface area contributed by atoms with Crippen molar-refractivity contribution < 1.29 is 9.53 Å². The summed E-state index contributed by atoms with van der Waals surface area (Å²) in [6.07, 6.45) is 2.93. The van der Waals surface area contributed by atoms with Crippen molar-refractivity contribution in [3.63, 3.8) is 0 Å². The first-order valence-electron chi connectivity index (χ1n) is 6.90. The van der Waals surface area contributed by atoms with Gasteiger partial charge < -0.3 is 4.74 Å². The van der Waals surface area contributed by atoms with E-state index in [1.165, 1.54) is 16.0 Å². The molecule has 0 aliphatic heterocycles. The quantitative estimate of drug-likeness (QED) is 0.799. The molecule has 1 aliphatic carbocycles. The van der Waals surface area contributed by atoms with E-state index in [-0.39, 0.29) is 11.9 Å². The van der Waals surface area contributed by atoms with Crippen LogP contribution < -0.4 is 0 Å². The highest BCUT2D eigenvalue weighted by Crippen LogP contribution is 2.40. The second-order valence-electron chi connectivity index (χ2n) is 4.99. The summed E-state index contributed by atoms with van der Waals surface area (Å²) in [6.45, 7) is 4.39. The fourth-order valence-corrected chi connectivity index (χ4v) is 4.74. The van der Waals surface area contributed by atoms with Crippen molar-refractivity contribution in [1.82, 2.24) is 4.98 Å². The van der Waals surface area contributed by atoms with E-state index in [9.17, 15) is 4.79 Å². The summed E-state index contributed by atoms with van der Waals surface area (Å²) < 4.78 is 5.19. The van der Waals surface area contributed by atoms with E-state index in [2.05, 4.69) is 17.7 Å². The van der Waals surface area contributed by atoms with Gasteiger partial charge in [-0.1, -0.05) is 0 Å². The van der Waals surface area contributed by atoms with Crippen molar-refractivity contribution in [1.29, 1.82) is 0 Å². The van der Waals surface area contributed by atoms with Gasteiger partial charge in [-0.25, -0.2) is 4.98 Å². The molecule has 3 rings (SSSR count). The van der Waals surface area contributed by atoms with Crippen molar-refractivity contribution in [2.45, 2.75) is 39.0 Å². The SMILES string of the molecule is CCOC(=O)C1CCCc2sc(-c3cscc3C)nc21. The topological polar surface area (TPSA) is 39.2 Å². The molecule has 1 atom stereocenters. The highest BCUT2D eigenvalue weighted by Gasteiger charge is 2.31. The van der Waals surface area contributed by atoms with Crippen LogP contribution in [0.25, 0.3) is 10.6 Å². The standard InChI is InChI=1S/C15H17NO2S2/c1-3-18-15(17)10-5-4-6-12-13(10)16-14(20-12)11-8-19-7-9(11)2/h7-8,10H,3-6H2,1-2H3. The summed E-state index contributed by atoms with van der Waals surface area (Å²) in [5.41, 5.74) is 3.42. The van der Waals surface area contributed by atoms with E-state index in [4.69, 9.17) is 9.72 Å². The van der Waals surface area contributed by atoms with Crippen LogP contribution in [0.4, 0.5) is 0 Å². The Morgan fingerprint density at radius 2 is 2.35 bits per heavy atom. The highest BCUT2D eigenvalue weighted by atomic mass is 32.1. The lowest BCUT2D eigenvalue weighted by Gasteiger charge is -2.19. The number of carbonyl (C=O) groups is 1. The molecule has 0 bridgehead atoms. The van der Waals surface area contributed by atoms with Gasteiger partial charge in [0.15, 0.2) is 0 Å². The number of thiophene rings is 1. The minimum absolute atomic E-state index is 0.118. The Bertz CT molecular complexity index is 630. The Balaban J connectivity index is 1.97. The number of aryl methyl sites for hydroxylation is 2. The van der Waals surface area contributed by atoms with Gasteiger partial charge in [0.05, 0.1) is 12.3 Å². The first-order valence-corrected chi connectivity index (χ1v) is 8.66. The molecule has 1 unspecified atom stereocenters. The van der Waals surface area contributed by atoms with Gasteiger partial charge in [-0.15, -0.1) is 11.3 Å². The van der Waals surface area contributed by atoms with E-state index in [1.807, 2.05) is 6.92 Å². The minimum Gasteiger partial charge on any atom is -0.465 e. The van der Waals surface area contributed by atoms with E-state index >= 15 is 0 Å². The average Bonchev–Trinajstić information content (AvgIpc) is 3.03. The molecule has 0 fully saturated rings. The number of hydrogen-bond acceptors (Lipinski definition) is 5. The number of carbonyl (C=O) groups excluding carboxylic acids is 1. The smallest absolute Gasteiger partial charge is 0.315 e. The second-order valence-corrected chi connectivity index (χ2v) is 6.82. The molecule has 0 radical (unpaired) electrons. The van der Waals surface area contributed by atoms with Crippen LogP contribution in [-0.4, -0.2) is 17.6 Å². The summed E-state index contributed by atoms with van der Waals surface area (Å²) in [6, 6.07) is 0. The number of esters is 1. The largest absolute Gasteiger partial charge is 0.465 e. The lowest BCUT2D eigenvalue weighted by Crippen LogP contribution is -2.20. The van der Waals surface area contributed by atoms with Crippen LogP contribution in [0, 0.1) is 6.92 Å². The van der Waals surface area contributed by atoms with Crippen LogP contribution in [0.2, 0.25) is 0 Å². The van der Waals surface area contributed by atoms with Crippen molar-refractivity contribution in [3.8, 4) is 10.6 Å². The number of thiazole rings is 1. The molecule has 0 N–H and O–H groups in total. The predicted octanol–water partition coefficient (Wildman–Crippen LogP) is 4.16. The zero-order valence-corrected chi connectivity index (χ0v) is 13.3. The molecule has 5 heteroatoms. The summed E-state index contributed by atoms with van der Waals surface area (Å²) >= 11 is 3.43. The second kappa shape index (κ2) is 5.66. The third-order valence-electron chi connectivity index (χ3n) is 3.61. The van der Waals surface area contributed by atoms with Gasteiger partial charge in [-0.05, 0) is 44.1 Å². The number of rotatable bonds is 3. The number of aromatic nitrogens is 1. The van der Waals surface area contributed by atoms with Crippen molar-refractivity contribution in [2.75, 3.05) is 6.61 Å². The molecule has 0 saturated heterocycles. The fourth-order valence-electron chi connectivity index (χ4n) is 2.59. The van der Waals surface area contributed by atoms with Gasteiger partial charge in [0.1, 0.15) is 10.9 Å². The number of hydrogen-bond donors (Lipinski definition) is 0. The predicted molar refractivity (Wildman–Crippen MR) is 82.5 cm³/mol. The monoisotopic (exact) mass is 307 g/mol. The Morgan fingerprint density at radius 1 is 1.50 bits per heavy atom. The lowest BCUT2D eigenvalue weighted by molar-refractivity contribution is -0.145. The molecule has 2 aromatic heterocycles. The maximum atomic E-state index is 12.1. The molecule has 0 saturated carbocycles. The third kappa shape index (κ3) is 2.40. The molecule has 20 heavy (non-hydrogen) atoms. The average molecular weight is 307 g/mol. The number of ether oxygens (including phenoxy) is 1. The van der Waals surface area contributed by atoms with E-state index in [1.54, 1.807) is 22.7 Å². The first-order chi connectivity index (χ1) is 9.70.